The summed E-state index contributed by atoms with van der Waals surface area (Å²) in [6.07, 6.45) is 2.39. The lowest BCUT2D eigenvalue weighted by Gasteiger charge is -2.09. The first-order chi connectivity index (χ1) is 8.31. The molecule has 18 heavy (non-hydrogen) atoms. The highest BCUT2D eigenvalue weighted by Gasteiger charge is 2.14. The topological polar surface area (TPSA) is 83.5 Å². The largest absolute Gasteiger partial charge is 0.478 e. The summed E-state index contributed by atoms with van der Waals surface area (Å²) in [5.74, 6) is -1.05. The number of sulfonamides is 1. The van der Waals surface area contributed by atoms with Gasteiger partial charge in [0.05, 0.1) is 4.90 Å². The number of carboxylic acid groups (broad SMARTS) is 1. The highest BCUT2D eigenvalue weighted by atomic mass is 32.2. The molecule has 0 bridgehead atoms. The van der Waals surface area contributed by atoms with Crippen LogP contribution in [0.1, 0.15) is 19.4 Å². The second-order valence-electron chi connectivity index (χ2n) is 4.02. The van der Waals surface area contributed by atoms with Crippen LogP contribution in [0.25, 0.3) is 6.08 Å². The normalized spacial score (nSPS) is 12.2. The number of nitrogens with one attached hydrogen (secondary N) is 1. The Morgan fingerprint density at radius 2 is 1.83 bits per heavy atom. The molecule has 0 atom stereocenters. The van der Waals surface area contributed by atoms with E-state index in [1.165, 1.54) is 18.2 Å². The van der Waals surface area contributed by atoms with Gasteiger partial charge in [-0.1, -0.05) is 12.1 Å². The zero-order valence-electron chi connectivity index (χ0n) is 10.1. The minimum atomic E-state index is -3.50. The Morgan fingerprint density at radius 1 is 1.28 bits per heavy atom. The van der Waals surface area contributed by atoms with Crippen LogP contribution in [0.4, 0.5) is 0 Å². The number of carboxylic acids is 1. The summed E-state index contributed by atoms with van der Waals surface area (Å²) in [6, 6.07) is 5.79. The van der Waals surface area contributed by atoms with E-state index in [4.69, 9.17) is 5.11 Å². The first kappa shape index (κ1) is 14.4. The molecule has 1 aromatic carbocycles. The van der Waals surface area contributed by atoms with Crippen molar-refractivity contribution in [3.05, 3.63) is 35.9 Å². The first-order valence-corrected chi connectivity index (χ1v) is 6.83. The van der Waals surface area contributed by atoms with Crippen LogP contribution in [0.2, 0.25) is 0 Å². The van der Waals surface area contributed by atoms with Crippen molar-refractivity contribution in [3.8, 4) is 0 Å². The molecule has 0 aliphatic heterocycles. The average Bonchev–Trinajstić information content (AvgIpc) is 2.25. The molecule has 0 aliphatic rings. The number of rotatable bonds is 5. The van der Waals surface area contributed by atoms with Crippen LogP contribution in [-0.4, -0.2) is 25.5 Å². The van der Waals surface area contributed by atoms with Crippen LogP contribution in [0.5, 0.6) is 0 Å². The number of benzene rings is 1. The van der Waals surface area contributed by atoms with Gasteiger partial charge in [0, 0.05) is 12.1 Å². The third kappa shape index (κ3) is 4.31. The van der Waals surface area contributed by atoms with Crippen LogP contribution in [0.15, 0.2) is 35.2 Å². The smallest absolute Gasteiger partial charge is 0.328 e. The van der Waals surface area contributed by atoms with E-state index in [0.717, 1.165) is 6.08 Å². The van der Waals surface area contributed by atoms with E-state index in [1.807, 2.05) is 0 Å². The number of hydrogen-bond donors (Lipinski definition) is 2. The Morgan fingerprint density at radius 3 is 2.28 bits per heavy atom. The molecule has 0 spiro atoms. The van der Waals surface area contributed by atoms with E-state index in [0.29, 0.717) is 5.56 Å². The van der Waals surface area contributed by atoms with Gasteiger partial charge in [0.25, 0.3) is 0 Å². The molecule has 0 saturated carbocycles. The number of carbonyl (C=O) groups is 1. The first-order valence-electron chi connectivity index (χ1n) is 5.34. The molecule has 0 aromatic heterocycles. The molecular weight excluding hydrogens is 254 g/mol. The molecular formula is C12H15NO4S. The van der Waals surface area contributed by atoms with Gasteiger partial charge in [-0.2, -0.15) is 0 Å². The van der Waals surface area contributed by atoms with Crippen molar-refractivity contribution >= 4 is 22.1 Å². The maximum Gasteiger partial charge on any atom is 0.328 e. The lowest BCUT2D eigenvalue weighted by atomic mass is 10.2. The summed E-state index contributed by atoms with van der Waals surface area (Å²) in [5.41, 5.74) is 0.626. The monoisotopic (exact) mass is 269 g/mol. The highest BCUT2D eigenvalue weighted by molar-refractivity contribution is 7.89. The lowest BCUT2D eigenvalue weighted by Crippen LogP contribution is -2.30. The van der Waals surface area contributed by atoms with Crippen molar-refractivity contribution in [3.63, 3.8) is 0 Å². The molecule has 0 heterocycles. The van der Waals surface area contributed by atoms with Gasteiger partial charge < -0.3 is 5.11 Å². The van der Waals surface area contributed by atoms with Gasteiger partial charge in [0.15, 0.2) is 0 Å². The van der Waals surface area contributed by atoms with Gasteiger partial charge in [-0.25, -0.2) is 17.9 Å². The van der Waals surface area contributed by atoms with E-state index < -0.39 is 16.0 Å². The molecule has 0 saturated heterocycles. The second-order valence-corrected chi connectivity index (χ2v) is 5.73. The van der Waals surface area contributed by atoms with E-state index >= 15 is 0 Å². The van der Waals surface area contributed by atoms with E-state index in [2.05, 4.69) is 4.72 Å². The molecule has 0 amide bonds. The molecule has 2 N–H and O–H groups in total. The molecule has 1 rings (SSSR count). The lowest BCUT2D eigenvalue weighted by molar-refractivity contribution is -0.131. The van der Waals surface area contributed by atoms with E-state index in [-0.39, 0.29) is 10.9 Å². The average molecular weight is 269 g/mol. The summed E-state index contributed by atoms with van der Waals surface area (Å²) in [7, 11) is -3.50. The van der Waals surface area contributed by atoms with Gasteiger partial charge >= 0.3 is 5.97 Å². The number of hydrogen-bond acceptors (Lipinski definition) is 3. The molecule has 98 valence electrons. The predicted octanol–water partition coefficient (Wildman–Crippen LogP) is 1.47. The molecule has 0 radical (unpaired) electrons. The van der Waals surface area contributed by atoms with Gasteiger partial charge in [-0.3, -0.25) is 0 Å². The quantitative estimate of drug-likeness (QED) is 0.793. The van der Waals surface area contributed by atoms with Crippen molar-refractivity contribution in [1.29, 1.82) is 0 Å². The Balaban J connectivity index is 2.92. The van der Waals surface area contributed by atoms with Crippen molar-refractivity contribution in [2.75, 3.05) is 0 Å². The standard InChI is InChI=1S/C12H15NO4S/c1-9(2)13-18(16,17)11-6-3-10(4-7-11)5-8-12(14)15/h3-9,13H,1-2H3,(H,14,15)/b8-5+. The Kier molecular flexibility index (Phi) is 4.63. The SMILES string of the molecule is CC(C)NS(=O)(=O)c1ccc(/C=C/C(=O)O)cc1. The van der Waals surface area contributed by atoms with Crippen LogP contribution in [0, 0.1) is 0 Å². The third-order valence-corrected chi connectivity index (χ3v) is 3.67. The molecule has 5 nitrogen and oxygen atoms in total. The van der Waals surface area contributed by atoms with Gasteiger partial charge in [0.1, 0.15) is 0 Å². The van der Waals surface area contributed by atoms with Crippen molar-refractivity contribution in [2.24, 2.45) is 0 Å². The number of aliphatic carboxylic acids is 1. The molecule has 0 aliphatic carbocycles. The van der Waals surface area contributed by atoms with E-state index in [1.54, 1.807) is 26.0 Å². The Hall–Kier alpha value is -1.66. The Bertz CT molecular complexity index is 544. The van der Waals surface area contributed by atoms with Crippen molar-refractivity contribution < 1.29 is 18.3 Å². The predicted molar refractivity (Wildman–Crippen MR) is 68.6 cm³/mol. The van der Waals surface area contributed by atoms with Crippen LogP contribution < -0.4 is 4.72 Å². The Labute approximate surface area is 106 Å². The van der Waals surface area contributed by atoms with E-state index in [9.17, 15) is 13.2 Å². The summed E-state index contributed by atoms with van der Waals surface area (Å²) < 4.78 is 26.1. The van der Waals surface area contributed by atoms with Gasteiger partial charge in [-0.15, -0.1) is 0 Å². The molecule has 1 aromatic rings. The van der Waals surface area contributed by atoms with Gasteiger partial charge in [0.2, 0.25) is 10.0 Å². The fourth-order valence-electron chi connectivity index (χ4n) is 1.30. The van der Waals surface area contributed by atoms with Crippen LogP contribution in [0.3, 0.4) is 0 Å². The minimum Gasteiger partial charge on any atom is -0.478 e. The third-order valence-electron chi connectivity index (χ3n) is 2.00. The highest BCUT2D eigenvalue weighted by Crippen LogP contribution is 2.12. The summed E-state index contributed by atoms with van der Waals surface area (Å²) in [5, 5.41) is 8.47. The zero-order valence-corrected chi connectivity index (χ0v) is 10.9. The maximum absolute atomic E-state index is 11.8. The van der Waals surface area contributed by atoms with Crippen LogP contribution in [-0.2, 0) is 14.8 Å². The fourth-order valence-corrected chi connectivity index (χ4v) is 2.56. The molecule has 0 fully saturated rings. The zero-order chi connectivity index (χ0) is 13.8. The summed E-state index contributed by atoms with van der Waals surface area (Å²) in [6.45, 7) is 3.48. The maximum atomic E-state index is 11.8. The van der Waals surface area contributed by atoms with Gasteiger partial charge in [-0.05, 0) is 37.6 Å². The molecule has 0 unspecified atom stereocenters. The van der Waals surface area contributed by atoms with Crippen molar-refractivity contribution in [1.82, 2.24) is 4.72 Å². The summed E-state index contributed by atoms with van der Waals surface area (Å²) in [4.78, 5) is 10.5. The summed E-state index contributed by atoms with van der Waals surface area (Å²) >= 11 is 0. The fraction of sp³-hybridized carbons (Fsp3) is 0.250. The minimum absolute atomic E-state index is 0.156. The second kappa shape index (κ2) is 5.79. The molecule has 6 heteroatoms. The van der Waals surface area contributed by atoms with Crippen LogP contribution >= 0.6 is 0 Å². The van der Waals surface area contributed by atoms with Crippen molar-refractivity contribution in [2.45, 2.75) is 24.8 Å².